The van der Waals surface area contributed by atoms with Gasteiger partial charge in [-0.05, 0) is 44.9 Å². The SMILES string of the molecule is CC(C)=CCNC(=O)NC1C2CCC(C2)C1C(=O)O. The van der Waals surface area contributed by atoms with E-state index in [1.165, 1.54) is 0 Å². The Balaban J connectivity index is 1.89. The second kappa shape index (κ2) is 5.63. The lowest BCUT2D eigenvalue weighted by atomic mass is 9.84. The summed E-state index contributed by atoms with van der Waals surface area (Å²) in [6.07, 6.45) is 4.89. The third-order valence-electron chi connectivity index (χ3n) is 4.27. The van der Waals surface area contributed by atoms with E-state index in [1.807, 2.05) is 19.9 Å². The van der Waals surface area contributed by atoms with Crippen LogP contribution in [-0.2, 0) is 4.79 Å². The number of aliphatic carboxylic acids is 1. The van der Waals surface area contributed by atoms with Crippen LogP contribution in [0.1, 0.15) is 33.1 Å². The monoisotopic (exact) mass is 266 g/mol. The summed E-state index contributed by atoms with van der Waals surface area (Å²) in [6.45, 7) is 4.42. The second-order valence-electron chi connectivity index (χ2n) is 5.86. The van der Waals surface area contributed by atoms with Crippen LogP contribution in [0.4, 0.5) is 4.79 Å². The molecule has 2 fully saturated rings. The van der Waals surface area contributed by atoms with Crippen molar-refractivity contribution < 1.29 is 14.7 Å². The molecule has 0 radical (unpaired) electrons. The molecule has 0 aromatic carbocycles. The summed E-state index contributed by atoms with van der Waals surface area (Å²) in [7, 11) is 0. The average Bonchev–Trinajstić information content (AvgIpc) is 2.88. The molecule has 0 saturated heterocycles. The number of carbonyl (C=O) groups is 2. The Hall–Kier alpha value is -1.52. The van der Waals surface area contributed by atoms with Crippen LogP contribution in [-0.4, -0.2) is 29.7 Å². The van der Waals surface area contributed by atoms with Gasteiger partial charge in [0.1, 0.15) is 0 Å². The van der Waals surface area contributed by atoms with E-state index in [1.54, 1.807) is 0 Å². The highest BCUT2D eigenvalue weighted by Gasteiger charge is 2.51. The van der Waals surface area contributed by atoms with Gasteiger partial charge in [-0.15, -0.1) is 0 Å². The first-order chi connectivity index (χ1) is 8.99. The third-order valence-corrected chi connectivity index (χ3v) is 4.27. The summed E-state index contributed by atoms with van der Waals surface area (Å²) in [6, 6.07) is -0.468. The maximum Gasteiger partial charge on any atom is 0.315 e. The molecule has 2 aliphatic carbocycles. The highest BCUT2D eigenvalue weighted by Crippen LogP contribution is 2.48. The molecule has 0 spiro atoms. The van der Waals surface area contributed by atoms with Gasteiger partial charge in [0.05, 0.1) is 5.92 Å². The first-order valence-corrected chi connectivity index (χ1v) is 6.89. The first kappa shape index (κ1) is 13.9. The molecule has 3 N–H and O–H groups in total. The van der Waals surface area contributed by atoms with Gasteiger partial charge in [0.15, 0.2) is 0 Å². The number of rotatable bonds is 4. The molecule has 19 heavy (non-hydrogen) atoms. The molecule has 2 amide bonds. The summed E-state index contributed by atoms with van der Waals surface area (Å²) < 4.78 is 0. The van der Waals surface area contributed by atoms with E-state index < -0.39 is 11.9 Å². The maximum absolute atomic E-state index is 11.8. The predicted octanol–water partition coefficient (Wildman–Crippen LogP) is 1.75. The van der Waals surface area contributed by atoms with E-state index >= 15 is 0 Å². The third kappa shape index (κ3) is 3.08. The van der Waals surface area contributed by atoms with Crippen LogP contribution in [0.3, 0.4) is 0 Å². The van der Waals surface area contributed by atoms with Gasteiger partial charge in [0.2, 0.25) is 0 Å². The quantitative estimate of drug-likeness (QED) is 0.678. The van der Waals surface area contributed by atoms with E-state index in [0.29, 0.717) is 12.5 Å². The van der Waals surface area contributed by atoms with E-state index in [-0.39, 0.29) is 18.0 Å². The van der Waals surface area contributed by atoms with Crippen molar-refractivity contribution in [2.45, 2.75) is 39.2 Å². The Kier molecular flexibility index (Phi) is 4.12. The fourth-order valence-electron chi connectivity index (χ4n) is 3.40. The van der Waals surface area contributed by atoms with Crippen LogP contribution in [0.5, 0.6) is 0 Å². The van der Waals surface area contributed by atoms with E-state index in [0.717, 1.165) is 24.8 Å². The Bertz CT molecular complexity index is 401. The Morgan fingerprint density at radius 1 is 1.26 bits per heavy atom. The molecule has 0 aromatic rings. The van der Waals surface area contributed by atoms with Crippen LogP contribution >= 0.6 is 0 Å². The molecule has 0 aliphatic heterocycles. The van der Waals surface area contributed by atoms with Crippen LogP contribution in [0.15, 0.2) is 11.6 Å². The number of carbonyl (C=O) groups excluding carboxylic acids is 1. The van der Waals surface area contributed by atoms with Gasteiger partial charge in [0.25, 0.3) is 0 Å². The van der Waals surface area contributed by atoms with Gasteiger partial charge in [-0.3, -0.25) is 4.79 Å². The molecular weight excluding hydrogens is 244 g/mol. The molecule has 0 aromatic heterocycles. The summed E-state index contributed by atoms with van der Waals surface area (Å²) in [5.74, 6) is -0.611. The number of amides is 2. The van der Waals surface area contributed by atoms with Crippen molar-refractivity contribution in [3.63, 3.8) is 0 Å². The summed E-state index contributed by atoms with van der Waals surface area (Å²) in [5, 5.41) is 14.9. The van der Waals surface area contributed by atoms with Crippen molar-refractivity contribution in [2.24, 2.45) is 17.8 Å². The summed E-state index contributed by atoms with van der Waals surface area (Å²) in [4.78, 5) is 23.1. The van der Waals surface area contributed by atoms with Crippen molar-refractivity contribution >= 4 is 12.0 Å². The molecular formula is C14H22N2O3. The van der Waals surface area contributed by atoms with Crippen molar-refractivity contribution in [1.29, 1.82) is 0 Å². The summed E-state index contributed by atoms with van der Waals surface area (Å²) >= 11 is 0. The minimum Gasteiger partial charge on any atom is -0.481 e. The van der Waals surface area contributed by atoms with Gasteiger partial charge in [-0.1, -0.05) is 11.6 Å². The van der Waals surface area contributed by atoms with Crippen molar-refractivity contribution in [1.82, 2.24) is 10.6 Å². The van der Waals surface area contributed by atoms with Crippen molar-refractivity contribution in [3.05, 3.63) is 11.6 Å². The fraction of sp³-hybridized carbons (Fsp3) is 0.714. The zero-order valence-corrected chi connectivity index (χ0v) is 11.5. The molecule has 0 heterocycles. The lowest BCUT2D eigenvalue weighted by Crippen LogP contribution is -2.50. The Morgan fingerprint density at radius 2 is 1.95 bits per heavy atom. The van der Waals surface area contributed by atoms with Gasteiger partial charge >= 0.3 is 12.0 Å². The number of hydrogen-bond donors (Lipinski definition) is 3. The first-order valence-electron chi connectivity index (χ1n) is 6.89. The Labute approximate surface area is 113 Å². The van der Waals surface area contributed by atoms with Crippen LogP contribution in [0.2, 0.25) is 0 Å². The fourth-order valence-corrected chi connectivity index (χ4v) is 3.40. The molecule has 5 nitrogen and oxygen atoms in total. The summed E-state index contributed by atoms with van der Waals surface area (Å²) in [5.41, 5.74) is 1.14. The largest absolute Gasteiger partial charge is 0.481 e. The zero-order valence-electron chi connectivity index (χ0n) is 11.5. The van der Waals surface area contributed by atoms with E-state index in [9.17, 15) is 14.7 Å². The Morgan fingerprint density at radius 3 is 2.58 bits per heavy atom. The van der Waals surface area contributed by atoms with Crippen LogP contribution < -0.4 is 10.6 Å². The zero-order chi connectivity index (χ0) is 14.0. The normalized spacial score (nSPS) is 31.9. The maximum atomic E-state index is 11.8. The molecule has 106 valence electrons. The van der Waals surface area contributed by atoms with Gasteiger partial charge in [0, 0.05) is 12.6 Å². The molecule has 2 aliphatic rings. The number of carboxylic acids is 1. The number of hydrogen-bond acceptors (Lipinski definition) is 2. The second-order valence-corrected chi connectivity index (χ2v) is 5.86. The molecule has 5 heteroatoms. The van der Waals surface area contributed by atoms with Crippen molar-refractivity contribution in [2.75, 3.05) is 6.54 Å². The van der Waals surface area contributed by atoms with Gasteiger partial charge in [-0.25, -0.2) is 4.79 Å². The average molecular weight is 266 g/mol. The van der Waals surface area contributed by atoms with Crippen LogP contribution in [0.25, 0.3) is 0 Å². The van der Waals surface area contributed by atoms with Crippen molar-refractivity contribution in [3.8, 4) is 0 Å². The number of fused-ring (bicyclic) bond motifs is 2. The topological polar surface area (TPSA) is 78.4 Å². The number of carboxylic acid groups (broad SMARTS) is 1. The molecule has 2 rings (SSSR count). The minimum absolute atomic E-state index is 0.206. The highest BCUT2D eigenvalue weighted by atomic mass is 16.4. The lowest BCUT2D eigenvalue weighted by Gasteiger charge is -2.28. The van der Waals surface area contributed by atoms with Gasteiger partial charge in [-0.2, -0.15) is 0 Å². The number of urea groups is 1. The highest BCUT2D eigenvalue weighted by molar-refractivity contribution is 5.77. The molecule has 4 unspecified atom stereocenters. The molecule has 2 bridgehead atoms. The molecule has 2 saturated carbocycles. The minimum atomic E-state index is -0.776. The van der Waals surface area contributed by atoms with E-state index in [2.05, 4.69) is 10.6 Å². The smallest absolute Gasteiger partial charge is 0.315 e. The lowest BCUT2D eigenvalue weighted by molar-refractivity contribution is -0.144. The number of allylic oxidation sites excluding steroid dienone is 1. The standard InChI is InChI=1S/C14H22N2O3/c1-8(2)5-6-15-14(19)16-12-10-4-3-9(7-10)11(12)13(17)18/h5,9-12H,3-4,6-7H2,1-2H3,(H,17,18)(H2,15,16,19). The van der Waals surface area contributed by atoms with Gasteiger partial charge < -0.3 is 15.7 Å². The van der Waals surface area contributed by atoms with E-state index in [4.69, 9.17) is 0 Å². The number of nitrogens with one attached hydrogen (secondary N) is 2. The van der Waals surface area contributed by atoms with Crippen LogP contribution in [0, 0.1) is 17.8 Å². The predicted molar refractivity (Wildman–Crippen MR) is 71.7 cm³/mol. The molecule has 4 atom stereocenters.